The molecule has 2 fully saturated rings. The predicted molar refractivity (Wildman–Crippen MR) is 162 cm³/mol. The largest absolute Gasteiger partial charge is 0.464 e. The average molecular weight is 615 g/mol. The van der Waals surface area contributed by atoms with Gasteiger partial charge in [-0.05, 0) is 67.3 Å². The van der Waals surface area contributed by atoms with E-state index in [1.807, 2.05) is 19.1 Å². The molecule has 2 aliphatic heterocycles. The van der Waals surface area contributed by atoms with Crippen molar-refractivity contribution in [1.29, 1.82) is 5.41 Å². The first-order chi connectivity index (χ1) is 20.5. The highest BCUT2D eigenvalue weighted by Crippen LogP contribution is 2.26. The van der Waals surface area contributed by atoms with Crippen molar-refractivity contribution >= 4 is 44.5 Å². The van der Waals surface area contributed by atoms with Crippen molar-refractivity contribution in [2.75, 3.05) is 32.8 Å². The molecule has 2 heterocycles. The molecule has 43 heavy (non-hydrogen) atoms. The number of rotatable bonds is 10. The van der Waals surface area contributed by atoms with Crippen LogP contribution in [0.15, 0.2) is 47.4 Å². The summed E-state index contributed by atoms with van der Waals surface area (Å²) in [6.07, 6.45) is 2.24. The number of sulfonamides is 1. The fraction of sp³-hybridized carbons (Fsp3) is 0.533. The smallest absolute Gasteiger partial charge is 0.328 e. The van der Waals surface area contributed by atoms with Gasteiger partial charge >= 0.3 is 5.97 Å². The number of esters is 1. The molecule has 0 bridgehead atoms. The highest BCUT2D eigenvalue weighted by Gasteiger charge is 2.40. The number of piperidine rings is 2. The van der Waals surface area contributed by atoms with Crippen LogP contribution in [0.2, 0.25) is 0 Å². The van der Waals surface area contributed by atoms with Crippen LogP contribution in [0.25, 0.3) is 10.8 Å². The average Bonchev–Trinajstić information content (AvgIpc) is 2.99. The summed E-state index contributed by atoms with van der Waals surface area (Å²) in [6.45, 7) is 5.57. The fourth-order valence-corrected chi connectivity index (χ4v) is 7.03. The predicted octanol–water partition coefficient (Wildman–Crippen LogP) is 1.79. The first-order valence-corrected chi connectivity index (χ1v) is 16.3. The third-order valence-electron chi connectivity index (χ3n) is 8.17. The van der Waals surface area contributed by atoms with Crippen LogP contribution in [0.1, 0.15) is 46.0 Å². The lowest BCUT2D eigenvalue weighted by Gasteiger charge is -2.38. The second-order valence-electron chi connectivity index (χ2n) is 11.5. The molecule has 0 saturated carbocycles. The Morgan fingerprint density at radius 1 is 1.12 bits per heavy atom. The number of carbonyl (C=O) groups excluding carboxylic acids is 3. The van der Waals surface area contributed by atoms with Crippen LogP contribution in [0, 0.1) is 17.2 Å². The number of hydrogen-bond acceptors (Lipinski definition) is 7. The maximum Gasteiger partial charge on any atom is 0.328 e. The molecular formula is C30H42N6O6S. The quantitative estimate of drug-likeness (QED) is 0.178. The van der Waals surface area contributed by atoms with Gasteiger partial charge in [-0.3, -0.25) is 15.0 Å². The van der Waals surface area contributed by atoms with E-state index >= 15 is 0 Å². The summed E-state index contributed by atoms with van der Waals surface area (Å²) in [4.78, 5) is 43.0. The van der Waals surface area contributed by atoms with Gasteiger partial charge in [0, 0.05) is 26.2 Å². The van der Waals surface area contributed by atoms with Crippen molar-refractivity contribution in [2.24, 2.45) is 17.6 Å². The van der Waals surface area contributed by atoms with Gasteiger partial charge in [-0.25, -0.2) is 13.2 Å². The van der Waals surface area contributed by atoms with E-state index in [4.69, 9.17) is 15.9 Å². The Balaban J connectivity index is 1.55. The molecule has 0 spiro atoms. The van der Waals surface area contributed by atoms with Crippen LogP contribution < -0.4 is 15.8 Å². The first kappa shape index (κ1) is 32.2. The maximum atomic E-state index is 14.0. The summed E-state index contributed by atoms with van der Waals surface area (Å²) in [5, 5.41) is 12.1. The minimum atomic E-state index is -4.23. The number of benzene rings is 2. The molecule has 12 nitrogen and oxygen atoms in total. The van der Waals surface area contributed by atoms with Gasteiger partial charge < -0.3 is 25.6 Å². The lowest BCUT2D eigenvalue weighted by atomic mass is 9.91. The highest BCUT2D eigenvalue weighted by atomic mass is 32.2. The number of carbonyl (C=O) groups is 3. The van der Waals surface area contributed by atoms with Gasteiger partial charge in [0.05, 0.1) is 17.9 Å². The standard InChI is InChI=1S/C30H42N6O6S/c1-3-42-29(39)26-15-20(2)12-14-36(26)28(38)25(17-27(37)33-18-21-7-6-13-35(19-21)30(31)32)34-43(40,41)24-11-10-22-8-4-5-9-23(22)16-24/h4-5,8-11,16,20-21,25-26,34H,3,6-7,12-15,17-19H2,1-2H3,(H3,31,32)(H,33,37)/t20-,21-,25-,26-/m1/s1. The number of ether oxygens (including phenoxy) is 1. The van der Waals surface area contributed by atoms with Gasteiger partial charge in [0.25, 0.3) is 0 Å². The van der Waals surface area contributed by atoms with Gasteiger partial charge in [0.15, 0.2) is 5.96 Å². The third kappa shape index (κ3) is 8.23. The number of nitrogens with zero attached hydrogens (tertiary/aromatic N) is 2. The van der Waals surface area contributed by atoms with Gasteiger partial charge in [-0.1, -0.05) is 37.3 Å². The van der Waals surface area contributed by atoms with E-state index in [1.165, 1.54) is 17.0 Å². The normalized spacial score (nSPS) is 21.7. The van der Waals surface area contributed by atoms with Gasteiger partial charge in [-0.15, -0.1) is 0 Å². The number of nitrogens with two attached hydrogens (primary N) is 1. The van der Waals surface area contributed by atoms with Crippen molar-refractivity contribution in [3.05, 3.63) is 42.5 Å². The van der Waals surface area contributed by atoms with Gasteiger partial charge in [0.2, 0.25) is 21.8 Å². The van der Waals surface area contributed by atoms with Crippen LogP contribution in [0.3, 0.4) is 0 Å². The molecule has 2 amide bonds. The van der Waals surface area contributed by atoms with Crippen LogP contribution in [-0.2, 0) is 29.1 Å². The minimum absolute atomic E-state index is 0.0169. The van der Waals surface area contributed by atoms with Crippen LogP contribution in [0.5, 0.6) is 0 Å². The lowest BCUT2D eigenvalue weighted by molar-refractivity contribution is -0.158. The third-order valence-corrected chi connectivity index (χ3v) is 9.64. The van der Waals surface area contributed by atoms with Crippen molar-refractivity contribution in [2.45, 2.75) is 62.9 Å². The fourth-order valence-electron chi connectivity index (χ4n) is 5.80. The number of amides is 2. The van der Waals surface area contributed by atoms with Crippen LogP contribution >= 0.6 is 0 Å². The SMILES string of the molecule is CCOC(=O)[C@H]1C[C@H](C)CCN1C(=O)[C@@H](CC(=O)NC[C@H]1CCCN(C(=N)N)C1)NS(=O)(=O)c1ccc2ccccc2c1. The van der Waals surface area contributed by atoms with E-state index in [9.17, 15) is 22.8 Å². The molecule has 4 rings (SSSR count). The summed E-state index contributed by atoms with van der Waals surface area (Å²) in [5.41, 5.74) is 5.63. The lowest BCUT2D eigenvalue weighted by Crippen LogP contribution is -2.57. The Bertz CT molecular complexity index is 1450. The van der Waals surface area contributed by atoms with Gasteiger partial charge in [0.1, 0.15) is 12.1 Å². The summed E-state index contributed by atoms with van der Waals surface area (Å²) >= 11 is 0. The second-order valence-corrected chi connectivity index (χ2v) is 13.2. The van der Waals surface area contributed by atoms with Gasteiger partial charge in [-0.2, -0.15) is 4.72 Å². The van der Waals surface area contributed by atoms with E-state index in [0.29, 0.717) is 37.9 Å². The molecule has 2 aliphatic rings. The molecule has 2 aromatic rings. The molecule has 4 atom stereocenters. The first-order valence-electron chi connectivity index (χ1n) is 14.8. The Morgan fingerprint density at radius 3 is 2.58 bits per heavy atom. The highest BCUT2D eigenvalue weighted by molar-refractivity contribution is 7.89. The Kier molecular flexibility index (Phi) is 10.6. The van der Waals surface area contributed by atoms with E-state index in [-0.39, 0.29) is 35.8 Å². The van der Waals surface area contributed by atoms with E-state index in [0.717, 1.165) is 18.2 Å². The second kappa shape index (κ2) is 14.2. The maximum absolute atomic E-state index is 14.0. The zero-order chi connectivity index (χ0) is 31.1. The molecule has 0 aliphatic carbocycles. The van der Waals surface area contributed by atoms with Crippen LogP contribution in [0.4, 0.5) is 0 Å². The molecule has 13 heteroatoms. The van der Waals surface area contributed by atoms with E-state index < -0.39 is 46.3 Å². The molecule has 5 N–H and O–H groups in total. The Hall–Kier alpha value is -3.71. The van der Waals surface area contributed by atoms with Crippen LogP contribution in [-0.4, -0.2) is 86.8 Å². The minimum Gasteiger partial charge on any atom is -0.464 e. The molecule has 0 unspecified atom stereocenters. The zero-order valence-corrected chi connectivity index (χ0v) is 25.6. The number of hydrogen-bond donors (Lipinski definition) is 4. The van der Waals surface area contributed by atoms with Crippen molar-refractivity contribution < 1.29 is 27.5 Å². The van der Waals surface area contributed by atoms with Crippen molar-refractivity contribution in [3.63, 3.8) is 0 Å². The summed E-state index contributed by atoms with van der Waals surface area (Å²) in [5.74, 6) is -1.49. The number of likely N-dealkylation sites (tertiary alicyclic amines) is 2. The van der Waals surface area contributed by atoms with E-state index in [1.54, 1.807) is 30.0 Å². The summed E-state index contributed by atoms with van der Waals surface area (Å²) < 4.78 is 34.9. The summed E-state index contributed by atoms with van der Waals surface area (Å²) in [7, 11) is -4.23. The number of fused-ring (bicyclic) bond motifs is 1. The molecule has 2 aromatic carbocycles. The number of guanidine groups is 1. The number of nitrogens with one attached hydrogen (secondary N) is 3. The Morgan fingerprint density at radius 2 is 1.86 bits per heavy atom. The molecule has 234 valence electrons. The molecule has 2 saturated heterocycles. The topological polar surface area (TPSA) is 175 Å². The molecular weight excluding hydrogens is 572 g/mol. The summed E-state index contributed by atoms with van der Waals surface area (Å²) in [6, 6.07) is 9.67. The van der Waals surface area contributed by atoms with E-state index in [2.05, 4.69) is 10.0 Å². The van der Waals surface area contributed by atoms with Crippen molar-refractivity contribution in [1.82, 2.24) is 19.8 Å². The van der Waals surface area contributed by atoms with Crippen molar-refractivity contribution in [3.8, 4) is 0 Å². The zero-order valence-electron chi connectivity index (χ0n) is 24.8. The Labute approximate surface area is 252 Å². The molecule has 0 aromatic heterocycles. The molecule has 0 radical (unpaired) electrons. The monoisotopic (exact) mass is 614 g/mol.